The molecule has 1 atom stereocenters. The van der Waals surface area contributed by atoms with Gasteiger partial charge in [-0.05, 0) is 89.0 Å². The number of fused-ring (bicyclic) bond motifs is 1. The summed E-state index contributed by atoms with van der Waals surface area (Å²) in [5.74, 6) is 1.21. The molecule has 0 aliphatic carbocycles. The zero-order chi connectivity index (χ0) is 18.6. The highest BCUT2D eigenvalue weighted by molar-refractivity contribution is 5.99. The summed E-state index contributed by atoms with van der Waals surface area (Å²) in [6.45, 7) is 6.24. The van der Waals surface area contributed by atoms with Crippen molar-refractivity contribution in [3.8, 4) is 5.75 Å². The van der Waals surface area contributed by atoms with Crippen LogP contribution in [0.2, 0.25) is 0 Å². The Kier molecular flexibility index (Phi) is 5.98. The number of hydrogen-bond donors (Lipinski definition) is 0. The zero-order valence-electron chi connectivity index (χ0n) is 16.7. The van der Waals surface area contributed by atoms with Crippen LogP contribution in [0, 0.1) is 0 Å². The Morgan fingerprint density at radius 1 is 1.11 bits per heavy atom. The Morgan fingerprint density at radius 3 is 2.74 bits per heavy atom. The fraction of sp³-hybridized carbons (Fsp3) is 0.682. The maximum Gasteiger partial charge on any atom is 0.244 e. The molecule has 3 aliphatic rings. The number of amides is 1. The van der Waals surface area contributed by atoms with Crippen molar-refractivity contribution < 1.29 is 9.53 Å². The van der Waals surface area contributed by atoms with Crippen LogP contribution in [0.5, 0.6) is 5.75 Å². The molecule has 5 nitrogen and oxygen atoms in total. The van der Waals surface area contributed by atoms with Crippen molar-refractivity contribution in [1.29, 1.82) is 0 Å². The number of carbonyl (C=O) groups excluding carboxylic acids is 1. The molecule has 3 aliphatic heterocycles. The molecule has 2 fully saturated rings. The van der Waals surface area contributed by atoms with E-state index in [2.05, 4.69) is 29.0 Å². The lowest BCUT2D eigenvalue weighted by molar-refractivity contribution is -0.122. The predicted octanol–water partition coefficient (Wildman–Crippen LogP) is 2.92. The molecule has 0 saturated carbocycles. The van der Waals surface area contributed by atoms with Crippen molar-refractivity contribution in [2.75, 3.05) is 51.3 Å². The van der Waals surface area contributed by atoms with Gasteiger partial charge < -0.3 is 14.5 Å². The van der Waals surface area contributed by atoms with Crippen LogP contribution in [0.1, 0.15) is 44.1 Å². The molecule has 3 heterocycles. The largest absolute Gasteiger partial charge is 0.494 e. The van der Waals surface area contributed by atoms with Crippen molar-refractivity contribution in [3.05, 3.63) is 23.8 Å². The third-order valence-corrected chi connectivity index (χ3v) is 6.35. The normalized spacial score (nSPS) is 23.6. The fourth-order valence-corrected chi connectivity index (χ4v) is 4.76. The summed E-state index contributed by atoms with van der Waals surface area (Å²) < 4.78 is 6.00. The standard InChI is InChI=1S/C22H33N3O2/c1-23-11-5-7-21(23)22(26)25-15-10-18-17-19(8-9-20(18)25)27-16-6-14-24-12-3-2-4-13-24/h8-9,17,21H,2-7,10-16H2,1H3/t21-/m0/s1. The molecule has 0 N–H and O–H groups in total. The summed E-state index contributed by atoms with van der Waals surface area (Å²) in [5.41, 5.74) is 2.33. The SMILES string of the molecule is CN1CCC[C@H]1C(=O)N1CCc2cc(OCCCN3CCCCC3)ccc21. The molecule has 27 heavy (non-hydrogen) atoms. The summed E-state index contributed by atoms with van der Waals surface area (Å²) in [7, 11) is 2.06. The van der Waals surface area contributed by atoms with Crippen LogP contribution in [-0.2, 0) is 11.2 Å². The van der Waals surface area contributed by atoms with Gasteiger partial charge >= 0.3 is 0 Å². The molecule has 0 unspecified atom stereocenters. The number of anilines is 1. The molecule has 0 radical (unpaired) electrons. The van der Waals surface area contributed by atoms with E-state index in [-0.39, 0.29) is 11.9 Å². The Bertz CT molecular complexity index is 657. The van der Waals surface area contributed by atoms with Gasteiger partial charge in [-0.25, -0.2) is 0 Å². The number of hydrogen-bond acceptors (Lipinski definition) is 4. The Morgan fingerprint density at radius 2 is 1.96 bits per heavy atom. The molecule has 1 amide bonds. The van der Waals surface area contributed by atoms with E-state index in [9.17, 15) is 4.79 Å². The highest BCUT2D eigenvalue weighted by atomic mass is 16.5. The Hall–Kier alpha value is -1.59. The molecular weight excluding hydrogens is 338 g/mol. The molecule has 0 spiro atoms. The number of piperidine rings is 1. The van der Waals surface area contributed by atoms with E-state index < -0.39 is 0 Å². The average molecular weight is 372 g/mol. The summed E-state index contributed by atoms with van der Waals surface area (Å²) in [6, 6.07) is 6.31. The molecule has 4 rings (SSSR count). The van der Waals surface area contributed by atoms with E-state index in [1.165, 1.54) is 37.9 Å². The zero-order valence-corrected chi connectivity index (χ0v) is 16.7. The molecule has 148 valence electrons. The topological polar surface area (TPSA) is 36.0 Å². The molecule has 2 saturated heterocycles. The maximum atomic E-state index is 12.9. The molecule has 5 heteroatoms. The molecular formula is C22H33N3O2. The van der Waals surface area contributed by atoms with E-state index in [1.807, 2.05) is 11.0 Å². The van der Waals surface area contributed by atoms with Gasteiger partial charge in [0.25, 0.3) is 0 Å². The van der Waals surface area contributed by atoms with Gasteiger partial charge in [0.15, 0.2) is 0 Å². The van der Waals surface area contributed by atoms with E-state index in [0.717, 1.165) is 63.4 Å². The van der Waals surface area contributed by atoms with Crippen LogP contribution >= 0.6 is 0 Å². The van der Waals surface area contributed by atoms with Gasteiger partial charge in [-0.1, -0.05) is 6.42 Å². The first kappa shape index (κ1) is 18.8. The lowest BCUT2D eigenvalue weighted by Gasteiger charge is -2.26. The quantitative estimate of drug-likeness (QED) is 0.721. The number of benzene rings is 1. The van der Waals surface area contributed by atoms with Crippen molar-refractivity contribution in [2.24, 2.45) is 0 Å². The minimum atomic E-state index is 0.0571. The molecule has 1 aromatic rings. The van der Waals surface area contributed by atoms with Gasteiger partial charge in [0, 0.05) is 18.8 Å². The predicted molar refractivity (Wildman–Crippen MR) is 109 cm³/mol. The monoisotopic (exact) mass is 371 g/mol. The number of likely N-dealkylation sites (tertiary alicyclic amines) is 2. The van der Waals surface area contributed by atoms with E-state index in [4.69, 9.17) is 4.74 Å². The van der Waals surface area contributed by atoms with Crippen molar-refractivity contribution in [1.82, 2.24) is 9.80 Å². The highest BCUT2D eigenvalue weighted by Crippen LogP contribution is 2.33. The van der Waals surface area contributed by atoms with Gasteiger partial charge in [0.2, 0.25) is 5.91 Å². The molecule has 1 aromatic carbocycles. The third kappa shape index (κ3) is 4.30. The summed E-state index contributed by atoms with van der Waals surface area (Å²) in [4.78, 5) is 19.7. The van der Waals surface area contributed by atoms with Crippen molar-refractivity contribution in [3.63, 3.8) is 0 Å². The average Bonchev–Trinajstić information content (AvgIpc) is 3.31. The second-order valence-corrected chi connectivity index (χ2v) is 8.27. The van der Waals surface area contributed by atoms with Gasteiger partial charge in [-0.3, -0.25) is 9.69 Å². The number of rotatable bonds is 6. The number of likely N-dealkylation sites (N-methyl/N-ethyl adjacent to an activating group) is 1. The van der Waals surface area contributed by atoms with Crippen LogP contribution < -0.4 is 9.64 Å². The van der Waals surface area contributed by atoms with Crippen LogP contribution in [0.3, 0.4) is 0 Å². The van der Waals surface area contributed by atoms with Crippen LogP contribution in [0.15, 0.2) is 18.2 Å². The van der Waals surface area contributed by atoms with Crippen LogP contribution in [0.25, 0.3) is 0 Å². The maximum absolute atomic E-state index is 12.9. The second kappa shape index (κ2) is 8.61. The van der Waals surface area contributed by atoms with Gasteiger partial charge in [0.1, 0.15) is 5.75 Å². The smallest absolute Gasteiger partial charge is 0.244 e. The molecule has 0 bridgehead atoms. The van der Waals surface area contributed by atoms with Crippen LogP contribution in [-0.4, -0.2) is 68.1 Å². The van der Waals surface area contributed by atoms with E-state index in [1.54, 1.807) is 0 Å². The van der Waals surface area contributed by atoms with Gasteiger partial charge in [0.05, 0.1) is 12.6 Å². The first-order chi connectivity index (χ1) is 13.2. The van der Waals surface area contributed by atoms with Gasteiger partial charge in [-0.15, -0.1) is 0 Å². The second-order valence-electron chi connectivity index (χ2n) is 8.27. The number of carbonyl (C=O) groups is 1. The highest BCUT2D eigenvalue weighted by Gasteiger charge is 2.34. The summed E-state index contributed by atoms with van der Waals surface area (Å²) in [6.07, 6.45) is 8.20. The summed E-state index contributed by atoms with van der Waals surface area (Å²) >= 11 is 0. The van der Waals surface area contributed by atoms with E-state index in [0.29, 0.717) is 0 Å². The number of nitrogens with zero attached hydrogens (tertiary/aromatic N) is 3. The van der Waals surface area contributed by atoms with E-state index >= 15 is 0 Å². The van der Waals surface area contributed by atoms with Gasteiger partial charge in [-0.2, -0.15) is 0 Å². The Labute approximate surface area is 163 Å². The minimum absolute atomic E-state index is 0.0571. The summed E-state index contributed by atoms with van der Waals surface area (Å²) in [5, 5.41) is 0. The van der Waals surface area contributed by atoms with Crippen molar-refractivity contribution >= 4 is 11.6 Å². The lowest BCUT2D eigenvalue weighted by atomic mass is 10.1. The van der Waals surface area contributed by atoms with Crippen molar-refractivity contribution in [2.45, 2.75) is 51.0 Å². The lowest BCUT2D eigenvalue weighted by Crippen LogP contribution is -2.43. The minimum Gasteiger partial charge on any atom is -0.494 e. The number of ether oxygens (including phenoxy) is 1. The first-order valence-electron chi connectivity index (χ1n) is 10.7. The third-order valence-electron chi connectivity index (χ3n) is 6.35. The first-order valence-corrected chi connectivity index (χ1v) is 10.7. The molecule has 0 aromatic heterocycles. The van der Waals surface area contributed by atoms with Crippen LogP contribution in [0.4, 0.5) is 5.69 Å². The fourth-order valence-electron chi connectivity index (χ4n) is 4.76. The Balaban J connectivity index is 1.29.